The molecule has 2 aliphatic heterocycles. The molecule has 0 aromatic heterocycles. The smallest absolute Gasteiger partial charge is 0.0813 e. The van der Waals surface area contributed by atoms with Crippen LogP contribution in [0.5, 0.6) is 0 Å². The van der Waals surface area contributed by atoms with Crippen molar-refractivity contribution in [2.24, 2.45) is 9.98 Å². The summed E-state index contributed by atoms with van der Waals surface area (Å²) in [4.78, 5) is 8.39. The molecule has 2 nitrogen and oxygen atoms in total. The van der Waals surface area contributed by atoms with E-state index in [-0.39, 0.29) is 0 Å². The third-order valence-electron chi connectivity index (χ3n) is 1.62. The zero-order valence-corrected chi connectivity index (χ0v) is 5.62. The van der Waals surface area contributed by atoms with Gasteiger partial charge in [0.1, 0.15) is 0 Å². The molecule has 0 aromatic rings. The maximum atomic E-state index is 4.30. The maximum absolute atomic E-state index is 4.30. The first kappa shape index (κ1) is 5.59. The highest BCUT2D eigenvalue weighted by Gasteiger charge is 2.07. The number of hydrogen-bond donors (Lipinski definition) is 0. The molecular weight excluding hydrogens is 124 g/mol. The normalized spacial score (nSPS) is 21.6. The Morgan fingerprint density at radius 3 is 3.30 bits per heavy atom. The topological polar surface area (TPSA) is 24.7 Å². The number of dihydropyridines is 2. The molecule has 0 unspecified atom stereocenters. The molecule has 0 saturated carbocycles. The van der Waals surface area contributed by atoms with Gasteiger partial charge < -0.3 is 0 Å². The van der Waals surface area contributed by atoms with Crippen LogP contribution in [0.1, 0.15) is 0 Å². The van der Waals surface area contributed by atoms with E-state index in [1.54, 1.807) is 0 Å². The van der Waals surface area contributed by atoms with Gasteiger partial charge in [0.2, 0.25) is 0 Å². The molecule has 10 heavy (non-hydrogen) atoms. The van der Waals surface area contributed by atoms with E-state index in [0.29, 0.717) is 0 Å². The number of hydrogen-bond acceptors (Lipinski definition) is 2. The van der Waals surface area contributed by atoms with Crippen molar-refractivity contribution in [1.82, 2.24) is 0 Å². The van der Waals surface area contributed by atoms with Gasteiger partial charge in [-0.25, -0.2) is 0 Å². The molecule has 2 heteroatoms. The van der Waals surface area contributed by atoms with Gasteiger partial charge in [0, 0.05) is 6.21 Å². The second-order valence-electron chi connectivity index (χ2n) is 2.30. The van der Waals surface area contributed by atoms with Crippen LogP contribution in [-0.2, 0) is 0 Å². The molecule has 2 aliphatic rings. The summed E-state index contributed by atoms with van der Waals surface area (Å²) in [7, 11) is 0. The minimum Gasteiger partial charge on any atom is -0.287 e. The predicted molar refractivity (Wildman–Crippen MR) is 42.9 cm³/mol. The second-order valence-corrected chi connectivity index (χ2v) is 2.30. The van der Waals surface area contributed by atoms with E-state index in [4.69, 9.17) is 0 Å². The first-order chi connectivity index (χ1) is 4.97. The molecule has 0 spiro atoms. The highest BCUT2D eigenvalue weighted by molar-refractivity contribution is 6.09. The van der Waals surface area contributed by atoms with Gasteiger partial charge in [-0.05, 0) is 11.6 Å². The number of rotatable bonds is 0. The molecule has 0 fully saturated rings. The van der Waals surface area contributed by atoms with Crippen LogP contribution < -0.4 is 0 Å². The van der Waals surface area contributed by atoms with Crippen LogP contribution >= 0.6 is 0 Å². The fourth-order valence-electron chi connectivity index (χ4n) is 1.10. The largest absolute Gasteiger partial charge is 0.287 e. The van der Waals surface area contributed by atoms with Gasteiger partial charge in [-0.3, -0.25) is 9.98 Å². The van der Waals surface area contributed by atoms with Gasteiger partial charge in [-0.15, -0.1) is 0 Å². The van der Waals surface area contributed by atoms with Crippen molar-refractivity contribution < 1.29 is 0 Å². The third kappa shape index (κ3) is 0.817. The minimum absolute atomic E-state index is 0.760. The Morgan fingerprint density at radius 1 is 1.40 bits per heavy atom. The summed E-state index contributed by atoms with van der Waals surface area (Å²) in [6.45, 7) is 1.58. The molecule has 0 N–H and O–H groups in total. The number of fused-ring (bicyclic) bond motifs is 1. The molecule has 2 heterocycles. The molecule has 0 radical (unpaired) electrons. The van der Waals surface area contributed by atoms with Crippen LogP contribution in [0.15, 0.2) is 33.8 Å². The van der Waals surface area contributed by atoms with E-state index >= 15 is 0 Å². The second kappa shape index (κ2) is 2.21. The molecule has 0 aromatic carbocycles. The summed E-state index contributed by atoms with van der Waals surface area (Å²) in [6.07, 6.45) is 8.00. The van der Waals surface area contributed by atoms with Crippen LogP contribution in [0.25, 0.3) is 0 Å². The summed E-state index contributed by atoms with van der Waals surface area (Å²) in [5.74, 6) is 0. The third-order valence-corrected chi connectivity index (χ3v) is 1.62. The average molecular weight is 132 g/mol. The SMILES string of the molecule is C1=CC2=CC=NCC2=NC1. The standard InChI is InChI=1S/C8H8N2/c1-2-7-3-5-9-6-8(7)10-4-1/h1-3,5H,4,6H2. The zero-order chi connectivity index (χ0) is 6.81. The Morgan fingerprint density at radius 2 is 2.40 bits per heavy atom. The highest BCUT2D eigenvalue weighted by atomic mass is 14.8. The van der Waals surface area contributed by atoms with Gasteiger partial charge in [0.25, 0.3) is 0 Å². The first-order valence-corrected chi connectivity index (χ1v) is 3.37. The summed E-state index contributed by atoms with van der Waals surface area (Å²) in [5.41, 5.74) is 2.35. The Labute approximate surface area is 59.7 Å². The summed E-state index contributed by atoms with van der Waals surface area (Å²) in [5, 5.41) is 0. The van der Waals surface area contributed by atoms with Crippen molar-refractivity contribution >= 4 is 11.9 Å². The molecule has 50 valence electrons. The van der Waals surface area contributed by atoms with E-state index in [1.807, 2.05) is 12.3 Å². The molecular formula is C8H8N2. The molecule has 0 amide bonds. The molecule has 2 rings (SSSR count). The molecule has 0 bridgehead atoms. The summed E-state index contributed by atoms with van der Waals surface area (Å²) in [6, 6.07) is 0. The lowest BCUT2D eigenvalue weighted by Gasteiger charge is -2.10. The molecule has 0 atom stereocenters. The van der Waals surface area contributed by atoms with E-state index in [9.17, 15) is 0 Å². The van der Waals surface area contributed by atoms with Crippen molar-refractivity contribution in [3.63, 3.8) is 0 Å². The van der Waals surface area contributed by atoms with Crippen LogP contribution in [0.3, 0.4) is 0 Å². The Kier molecular flexibility index (Phi) is 1.24. The van der Waals surface area contributed by atoms with Gasteiger partial charge in [0.15, 0.2) is 0 Å². The summed E-state index contributed by atoms with van der Waals surface area (Å²) < 4.78 is 0. The van der Waals surface area contributed by atoms with Crippen molar-refractivity contribution in [1.29, 1.82) is 0 Å². The highest BCUT2D eigenvalue weighted by Crippen LogP contribution is 2.08. The maximum Gasteiger partial charge on any atom is 0.0813 e. The lowest BCUT2D eigenvalue weighted by molar-refractivity contribution is 1.16. The fraction of sp³-hybridized carbons (Fsp3) is 0.250. The lowest BCUT2D eigenvalue weighted by atomic mass is 10.1. The van der Waals surface area contributed by atoms with Crippen LogP contribution in [0.2, 0.25) is 0 Å². The van der Waals surface area contributed by atoms with Crippen molar-refractivity contribution in [3.8, 4) is 0 Å². The Hall–Kier alpha value is -1.18. The van der Waals surface area contributed by atoms with Gasteiger partial charge in [0.05, 0.1) is 18.8 Å². The number of nitrogens with zero attached hydrogens (tertiary/aromatic N) is 2. The zero-order valence-electron chi connectivity index (χ0n) is 5.62. The number of allylic oxidation sites excluding steroid dienone is 2. The van der Waals surface area contributed by atoms with Gasteiger partial charge in [-0.1, -0.05) is 12.2 Å². The summed E-state index contributed by atoms with van der Waals surface area (Å²) >= 11 is 0. The predicted octanol–water partition coefficient (Wildman–Crippen LogP) is 1.01. The lowest BCUT2D eigenvalue weighted by Crippen LogP contribution is -2.12. The van der Waals surface area contributed by atoms with Crippen LogP contribution in [-0.4, -0.2) is 25.0 Å². The van der Waals surface area contributed by atoms with E-state index in [0.717, 1.165) is 18.8 Å². The molecule has 0 saturated heterocycles. The first-order valence-electron chi connectivity index (χ1n) is 3.37. The average Bonchev–Trinajstić information content (AvgIpc) is 2.05. The number of aliphatic imine (C=N–C) groups is 2. The van der Waals surface area contributed by atoms with E-state index < -0.39 is 0 Å². The van der Waals surface area contributed by atoms with Crippen LogP contribution in [0.4, 0.5) is 0 Å². The van der Waals surface area contributed by atoms with E-state index in [1.165, 1.54) is 5.57 Å². The van der Waals surface area contributed by atoms with Gasteiger partial charge in [-0.2, -0.15) is 0 Å². The monoisotopic (exact) mass is 132 g/mol. The Balaban J connectivity index is 2.39. The van der Waals surface area contributed by atoms with Crippen LogP contribution in [0, 0.1) is 0 Å². The van der Waals surface area contributed by atoms with Gasteiger partial charge >= 0.3 is 0 Å². The van der Waals surface area contributed by atoms with Crippen molar-refractivity contribution in [3.05, 3.63) is 23.8 Å². The minimum atomic E-state index is 0.760. The Bertz CT molecular complexity index is 256. The molecule has 0 aliphatic carbocycles. The van der Waals surface area contributed by atoms with E-state index in [2.05, 4.69) is 22.1 Å². The quantitative estimate of drug-likeness (QED) is 0.470. The fourth-order valence-corrected chi connectivity index (χ4v) is 1.10. The van der Waals surface area contributed by atoms with Crippen molar-refractivity contribution in [2.75, 3.05) is 13.1 Å². The van der Waals surface area contributed by atoms with Crippen molar-refractivity contribution in [2.45, 2.75) is 0 Å².